The van der Waals surface area contributed by atoms with Crippen molar-refractivity contribution in [2.45, 2.75) is 6.54 Å². The molecule has 110 valence electrons. The lowest BCUT2D eigenvalue weighted by Crippen LogP contribution is -2.05. The zero-order valence-electron chi connectivity index (χ0n) is 11.0. The van der Waals surface area contributed by atoms with Crippen LogP contribution >= 0.6 is 39.1 Å². The molecule has 0 saturated carbocycles. The molecule has 2 rings (SSSR count). The molecule has 2 aromatic rings. The van der Waals surface area contributed by atoms with E-state index in [0.717, 1.165) is 10.2 Å². The van der Waals surface area contributed by atoms with Crippen LogP contribution < -0.4 is 5.32 Å². The lowest BCUT2D eigenvalue weighted by atomic mass is 10.2. The fourth-order valence-electron chi connectivity index (χ4n) is 1.66. The summed E-state index contributed by atoms with van der Waals surface area (Å²) < 4.78 is 5.42. The normalized spacial score (nSPS) is 10.3. The first-order valence-corrected chi connectivity index (χ1v) is 7.48. The molecule has 1 aromatic carbocycles. The van der Waals surface area contributed by atoms with E-state index in [4.69, 9.17) is 23.2 Å². The van der Waals surface area contributed by atoms with Gasteiger partial charge in [0.1, 0.15) is 0 Å². The fourth-order valence-corrected chi connectivity index (χ4v) is 3.00. The number of pyridine rings is 1. The van der Waals surface area contributed by atoms with Crippen molar-refractivity contribution in [3.8, 4) is 0 Å². The van der Waals surface area contributed by atoms with Gasteiger partial charge in [-0.05, 0) is 24.3 Å². The van der Waals surface area contributed by atoms with Crippen LogP contribution in [0.2, 0.25) is 10.0 Å². The van der Waals surface area contributed by atoms with Gasteiger partial charge in [0.25, 0.3) is 0 Å². The molecule has 21 heavy (non-hydrogen) atoms. The maximum Gasteiger partial charge on any atom is 0.339 e. The summed E-state index contributed by atoms with van der Waals surface area (Å²) in [7, 11) is 1.33. The number of hydrogen-bond donors (Lipinski definition) is 1. The van der Waals surface area contributed by atoms with E-state index >= 15 is 0 Å². The number of esters is 1. The van der Waals surface area contributed by atoms with E-state index < -0.39 is 5.97 Å². The van der Waals surface area contributed by atoms with Crippen molar-refractivity contribution in [2.75, 3.05) is 12.4 Å². The van der Waals surface area contributed by atoms with Crippen LogP contribution in [0.15, 0.2) is 34.9 Å². The first-order chi connectivity index (χ1) is 10.0. The number of nitrogens with zero attached hydrogens (tertiary/aromatic N) is 1. The standard InChI is InChI=1S/C14H11BrCl2N2O2/c1-21-14(20)8-2-3-10(18-6-8)7-19-13-11(16)4-9(15)5-12(13)17/h2-6,19H,7H2,1H3. The fraction of sp³-hybridized carbons (Fsp3) is 0.143. The van der Waals surface area contributed by atoms with Gasteiger partial charge < -0.3 is 10.1 Å². The van der Waals surface area contributed by atoms with Gasteiger partial charge in [0.15, 0.2) is 0 Å². The summed E-state index contributed by atoms with van der Waals surface area (Å²) in [6, 6.07) is 6.90. The Hall–Kier alpha value is -1.30. The molecule has 0 spiro atoms. The zero-order valence-corrected chi connectivity index (χ0v) is 14.1. The van der Waals surface area contributed by atoms with Gasteiger partial charge in [-0.3, -0.25) is 4.98 Å². The van der Waals surface area contributed by atoms with E-state index in [1.165, 1.54) is 13.3 Å². The summed E-state index contributed by atoms with van der Waals surface area (Å²) in [6.07, 6.45) is 1.47. The van der Waals surface area contributed by atoms with Gasteiger partial charge >= 0.3 is 5.97 Å². The second-order valence-corrected chi connectivity index (χ2v) is 5.86. The SMILES string of the molecule is COC(=O)c1ccc(CNc2c(Cl)cc(Br)cc2Cl)nc1. The van der Waals surface area contributed by atoms with Gasteiger partial charge in [0, 0.05) is 10.7 Å². The van der Waals surface area contributed by atoms with Crippen molar-refractivity contribution >= 4 is 50.8 Å². The van der Waals surface area contributed by atoms with Gasteiger partial charge in [0.2, 0.25) is 0 Å². The Kier molecular flexibility index (Phi) is 5.45. The number of halogens is 3. The zero-order chi connectivity index (χ0) is 15.4. The van der Waals surface area contributed by atoms with Crippen molar-refractivity contribution in [2.24, 2.45) is 0 Å². The van der Waals surface area contributed by atoms with Crippen molar-refractivity contribution in [1.82, 2.24) is 4.98 Å². The number of carbonyl (C=O) groups excluding carboxylic acids is 1. The Balaban J connectivity index is 2.08. The minimum atomic E-state index is -0.416. The molecule has 4 nitrogen and oxygen atoms in total. The molecule has 0 aliphatic rings. The largest absolute Gasteiger partial charge is 0.465 e. The van der Waals surface area contributed by atoms with E-state index in [9.17, 15) is 4.79 Å². The highest BCUT2D eigenvalue weighted by atomic mass is 79.9. The van der Waals surface area contributed by atoms with E-state index in [1.54, 1.807) is 24.3 Å². The van der Waals surface area contributed by atoms with E-state index in [-0.39, 0.29) is 0 Å². The molecule has 0 unspecified atom stereocenters. The summed E-state index contributed by atoms with van der Waals surface area (Å²) >= 11 is 15.6. The molecule has 1 N–H and O–H groups in total. The van der Waals surface area contributed by atoms with Gasteiger partial charge in [-0.25, -0.2) is 4.79 Å². The van der Waals surface area contributed by atoms with Crippen LogP contribution in [0.25, 0.3) is 0 Å². The third-order valence-electron chi connectivity index (χ3n) is 2.70. The highest BCUT2D eigenvalue weighted by Crippen LogP contribution is 2.33. The molecular formula is C14H11BrCl2N2O2. The highest BCUT2D eigenvalue weighted by Gasteiger charge is 2.09. The van der Waals surface area contributed by atoms with Gasteiger partial charge in [-0.1, -0.05) is 39.1 Å². The summed E-state index contributed by atoms with van der Waals surface area (Å²) in [5, 5.41) is 4.15. The first kappa shape index (κ1) is 16.1. The van der Waals surface area contributed by atoms with Crippen molar-refractivity contribution < 1.29 is 9.53 Å². The predicted molar refractivity (Wildman–Crippen MR) is 87.1 cm³/mol. The number of benzene rings is 1. The summed E-state index contributed by atoms with van der Waals surface area (Å²) in [6.45, 7) is 0.433. The Bertz CT molecular complexity index is 640. The minimum Gasteiger partial charge on any atom is -0.465 e. The number of ether oxygens (including phenoxy) is 1. The molecule has 0 saturated heterocycles. The molecule has 0 fully saturated rings. The van der Waals surface area contributed by atoms with Gasteiger partial charge in [0.05, 0.1) is 40.6 Å². The molecule has 0 aliphatic carbocycles. The second-order valence-electron chi connectivity index (χ2n) is 4.13. The number of methoxy groups -OCH3 is 1. The Morgan fingerprint density at radius 3 is 2.52 bits per heavy atom. The maximum absolute atomic E-state index is 11.3. The van der Waals surface area contributed by atoms with E-state index in [1.807, 2.05) is 0 Å². The number of aromatic nitrogens is 1. The van der Waals surface area contributed by atoms with Crippen molar-refractivity contribution in [3.05, 3.63) is 56.2 Å². The molecule has 1 heterocycles. The summed E-state index contributed by atoms with van der Waals surface area (Å²) in [5.74, 6) is -0.416. The van der Waals surface area contributed by atoms with Gasteiger partial charge in [-0.2, -0.15) is 0 Å². The predicted octanol–water partition coefficient (Wildman–Crippen LogP) is 4.55. The Labute approximate surface area is 140 Å². The smallest absolute Gasteiger partial charge is 0.339 e. The number of anilines is 1. The molecule has 0 aliphatic heterocycles. The average molecular weight is 390 g/mol. The lowest BCUT2D eigenvalue weighted by molar-refractivity contribution is 0.0600. The Morgan fingerprint density at radius 1 is 1.33 bits per heavy atom. The van der Waals surface area contributed by atoms with Crippen LogP contribution in [-0.4, -0.2) is 18.1 Å². The maximum atomic E-state index is 11.3. The van der Waals surface area contributed by atoms with Gasteiger partial charge in [-0.15, -0.1) is 0 Å². The quantitative estimate of drug-likeness (QED) is 0.779. The second kappa shape index (κ2) is 7.11. The average Bonchev–Trinajstić information content (AvgIpc) is 2.46. The molecule has 0 amide bonds. The third-order valence-corrected chi connectivity index (χ3v) is 3.75. The van der Waals surface area contributed by atoms with E-state index in [2.05, 4.69) is 31.0 Å². The number of carbonyl (C=O) groups is 1. The monoisotopic (exact) mass is 388 g/mol. The van der Waals surface area contributed by atoms with Crippen LogP contribution in [-0.2, 0) is 11.3 Å². The third kappa shape index (κ3) is 4.09. The number of hydrogen-bond acceptors (Lipinski definition) is 4. The molecule has 0 bridgehead atoms. The van der Waals surface area contributed by atoms with Crippen molar-refractivity contribution in [3.63, 3.8) is 0 Å². The minimum absolute atomic E-state index is 0.404. The molecular weight excluding hydrogens is 379 g/mol. The van der Waals surface area contributed by atoms with Crippen LogP contribution in [0.4, 0.5) is 5.69 Å². The van der Waals surface area contributed by atoms with Crippen LogP contribution in [0.1, 0.15) is 16.1 Å². The highest BCUT2D eigenvalue weighted by molar-refractivity contribution is 9.10. The van der Waals surface area contributed by atoms with E-state index in [0.29, 0.717) is 27.8 Å². The topological polar surface area (TPSA) is 51.2 Å². The molecule has 0 atom stereocenters. The first-order valence-electron chi connectivity index (χ1n) is 5.93. The summed E-state index contributed by atoms with van der Waals surface area (Å²) in [4.78, 5) is 15.5. The van der Waals surface area contributed by atoms with Crippen LogP contribution in [0.5, 0.6) is 0 Å². The van der Waals surface area contributed by atoms with Crippen LogP contribution in [0, 0.1) is 0 Å². The van der Waals surface area contributed by atoms with Crippen molar-refractivity contribution in [1.29, 1.82) is 0 Å². The molecule has 1 aromatic heterocycles. The molecule has 7 heteroatoms. The number of nitrogens with one attached hydrogen (secondary N) is 1. The summed E-state index contributed by atoms with van der Waals surface area (Å²) in [5.41, 5.74) is 1.79. The lowest BCUT2D eigenvalue weighted by Gasteiger charge is -2.11. The van der Waals surface area contributed by atoms with Crippen LogP contribution in [0.3, 0.4) is 0 Å². The number of rotatable bonds is 4. The molecule has 0 radical (unpaired) electrons. The Morgan fingerprint density at radius 2 is 2.00 bits per heavy atom.